The number of aromatic hydroxyl groups is 3. The average Bonchev–Trinajstić information content (AvgIpc) is 2.38. The van der Waals surface area contributed by atoms with E-state index in [1.807, 2.05) is 0 Å². The van der Waals surface area contributed by atoms with E-state index in [0.717, 1.165) is 5.56 Å². The lowest BCUT2D eigenvalue weighted by Gasteiger charge is -1.97. The number of phenolic OH excluding ortho intramolecular Hbond substituents is 3. The summed E-state index contributed by atoms with van der Waals surface area (Å²) in [6, 6.07) is 12.7. The molecule has 0 saturated carbocycles. The van der Waals surface area contributed by atoms with Crippen molar-refractivity contribution in [1.29, 1.82) is 0 Å². The zero-order chi connectivity index (χ0) is 13.4. The van der Waals surface area contributed by atoms with Crippen molar-refractivity contribution in [1.82, 2.24) is 0 Å². The van der Waals surface area contributed by atoms with Crippen LogP contribution in [-0.4, -0.2) is 15.3 Å². The van der Waals surface area contributed by atoms with Crippen molar-refractivity contribution in [3.8, 4) is 28.6 Å². The maximum atomic E-state index is 9.70. The molecule has 0 atom stereocenters. The van der Waals surface area contributed by atoms with Crippen LogP contribution in [-0.2, 0) is 0 Å². The highest BCUT2D eigenvalue weighted by atomic mass is 35.5. The molecule has 0 aliphatic rings. The van der Waals surface area contributed by atoms with Crippen LogP contribution in [0.1, 0.15) is 0 Å². The van der Waals surface area contributed by atoms with Crippen LogP contribution in [0.2, 0.25) is 0 Å². The third-order valence-corrected chi connectivity index (χ3v) is 2.88. The van der Waals surface area contributed by atoms with Crippen LogP contribution in [0, 0.1) is 0 Å². The second-order valence-electron chi connectivity index (χ2n) is 4.22. The maximum absolute atomic E-state index is 9.70. The summed E-state index contributed by atoms with van der Waals surface area (Å²) in [6.07, 6.45) is 0. The van der Waals surface area contributed by atoms with Crippen LogP contribution in [0.4, 0.5) is 0 Å². The molecule has 0 amide bonds. The summed E-state index contributed by atoms with van der Waals surface area (Å²) in [5.74, 6) is 0.671. The fourth-order valence-corrected chi connectivity index (χ4v) is 1.94. The van der Waals surface area contributed by atoms with Crippen molar-refractivity contribution in [2.24, 2.45) is 0 Å². The van der Waals surface area contributed by atoms with E-state index in [1.54, 1.807) is 36.4 Å². The molecule has 3 rings (SSSR count). The Morgan fingerprint density at radius 1 is 0.750 bits per heavy atom. The van der Waals surface area contributed by atoms with Crippen LogP contribution >= 0.6 is 0 Å². The monoisotopic (exact) mass is 290 g/mol. The van der Waals surface area contributed by atoms with E-state index < -0.39 is 0 Å². The first-order valence-electron chi connectivity index (χ1n) is 5.72. The molecule has 20 heavy (non-hydrogen) atoms. The summed E-state index contributed by atoms with van der Waals surface area (Å²) in [5, 5.41) is 28.9. The lowest BCUT2D eigenvalue weighted by atomic mass is 10.1. The molecule has 0 radical (unpaired) electrons. The first-order chi connectivity index (χ1) is 9.13. The molecule has 1 heterocycles. The van der Waals surface area contributed by atoms with E-state index in [0.29, 0.717) is 16.7 Å². The smallest absolute Gasteiger partial charge is 0.368 e. The standard InChI is InChI=1S/C15H10O4.ClH/c16-10-3-1-9(2-4-10)14-6-5-12-13(18)7-11(17)8-15(12)19-14;/h1-8H,(H2-,16,17,18);1H. The zero-order valence-electron chi connectivity index (χ0n) is 10.2. The molecule has 0 saturated heterocycles. The number of fused-ring (bicyclic) bond motifs is 1. The van der Waals surface area contributed by atoms with E-state index in [-0.39, 0.29) is 29.7 Å². The van der Waals surface area contributed by atoms with E-state index in [1.165, 1.54) is 12.1 Å². The number of benzene rings is 2. The summed E-state index contributed by atoms with van der Waals surface area (Å²) in [7, 11) is 0. The minimum absolute atomic E-state index is 0. The SMILES string of the molecule is Oc1ccc(-c2ccc3c(O)cc(O)cc3[o+]2)cc1.[Cl-]. The van der Waals surface area contributed by atoms with Crippen molar-refractivity contribution in [3.63, 3.8) is 0 Å². The molecule has 1 aromatic heterocycles. The second kappa shape index (κ2) is 5.27. The van der Waals surface area contributed by atoms with Crippen molar-refractivity contribution in [2.45, 2.75) is 0 Å². The predicted octanol–water partition coefficient (Wildman–Crippen LogP) is 0.502. The number of rotatable bonds is 1. The van der Waals surface area contributed by atoms with E-state index >= 15 is 0 Å². The molecule has 0 aliphatic carbocycles. The number of halogens is 1. The molecule has 5 heteroatoms. The van der Waals surface area contributed by atoms with Gasteiger partial charge in [-0.05, 0) is 30.3 Å². The molecule has 0 bridgehead atoms. The average molecular weight is 291 g/mol. The minimum Gasteiger partial charge on any atom is -1.00 e. The molecule has 0 aliphatic heterocycles. The van der Waals surface area contributed by atoms with Gasteiger partial charge in [-0.2, -0.15) is 0 Å². The van der Waals surface area contributed by atoms with Gasteiger partial charge in [-0.25, -0.2) is 4.42 Å². The summed E-state index contributed by atoms with van der Waals surface area (Å²) in [4.78, 5) is 0. The molecule has 102 valence electrons. The molecule has 0 fully saturated rings. The largest absolute Gasteiger partial charge is 1.00 e. The van der Waals surface area contributed by atoms with E-state index in [4.69, 9.17) is 4.42 Å². The fourth-order valence-electron chi connectivity index (χ4n) is 1.94. The number of phenols is 3. The molecular formula is C15H11ClO4. The van der Waals surface area contributed by atoms with Crippen molar-refractivity contribution in [3.05, 3.63) is 48.5 Å². The fraction of sp³-hybridized carbons (Fsp3) is 0. The van der Waals surface area contributed by atoms with Gasteiger partial charge in [0.15, 0.2) is 0 Å². The molecule has 4 nitrogen and oxygen atoms in total. The van der Waals surface area contributed by atoms with Gasteiger partial charge in [-0.1, -0.05) is 0 Å². The number of hydrogen-bond donors (Lipinski definition) is 3. The van der Waals surface area contributed by atoms with Gasteiger partial charge >= 0.3 is 11.3 Å². The topological polar surface area (TPSA) is 72.0 Å². The Morgan fingerprint density at radius 2 is 1.45 bits per heavy atom. The van der Waals surface area contributed by atoms with Crippen LogP contribution in [0.5, 0.6) is 17.2 Å². The third-order valence-electron chi connectivity index (χ3n) is 2.88. The maximum Gasteiger partial charge on any atom is 0.368 e. The van der Waals surface area contributed by atoms with Gasteiger partial charge in [-0.15, -0.1) is 0 Å². The third kappa shape index (κ3) is 2.46. The summed E-state index contributed by atoms with van der Waals surface area (Å²) < 4.78 is 5.65. The minimum atomic E-state index is -0.0587. The summed E-state index contributed by atoms with van der Waals surface area (Å²) >= 11 is 0. The van der Waals surface area contributed by atoms with Gasteiger partial charge in [0.25, 0.3) is 0 Å². The first-order valence-corrected chi connectivity index (χ1v) is 5.72. The van der Waals surface area contributed by atoms with Crippen LogP contribution < -0.4 is 12.4 Å². The Morgan fingerprint density at radius 3 is 2.15 bits per heavy atom. The molecule has 0 unspecified atom stereocenters. The zero-order valence-corrected chi connectivity index (χ0v) is 11.0. The molecule has 0 spiro atoms. The van der Waals surface area contributed by atoms with Crippen molar-refractivity contribution in [2.75, 3.05) is 0 Å². The highest BCUT2D eigenvalue weighted by molar-refractivity contribution is 5.86. The highest BCUT2D eigenvalue weighted by Gasteiger charge is 2.17. The van der Waals surface area contributed by atoms with Gasteiger partial charge in [0.05, 0.1) is 11.6 Å². The van der Waals surface area contributed by atoms with E-state index in [2.05, 4.69) is 0 Å². The second-order valence-corrected chi connectivity index (χ2v) is 4.22. The molecule has 3 aromatic rings. The van der Waals surface area contributed by atoms with Crippen LogP contribution in [0.25, 0.3) is 22.3 Å². The molecular weight excluding hydrogens is 280 g/mol. The Balaban J connectivity index is 0.00000147. The summed E-state index contributed by atoms with van der Waals surface area (Å²) in [6.45, 7) is 0. The molecule has 3 N–H and O–H groups in total. The Hall–Kier alpha value is -2.46. The van der Waals surface area contributed by atoms with Gasteiger partial charge in [0.2, 0.25) is 0 Å². The van der Waals surface area contributed by atoms with Gasteiger partial charge in [-0.3, -0.25) is 0 Å². The lowest BCUT2D eigenvalue weighted by Crippen LogP contribution is -3.00. The Bertz CT molecular complexity index is 754. The highest BCUT2D eigenvalue weighted by Crippen LogP contribution is 2.33. The first kappa shape index (κ1) is 14.0. The normalized spacial score (nSPS) is 10.2. The van der Waals surface area contributed by atoms with Crippen LogP contribution in [0.15, 0.2) is 52.9 Å². The Labute approximate surface area is 121 Å². The van der Waals surface area contributed by atoms with Gasteiger partial charge in [0.1, 0.15) is 22.6 Å². The van der Waals surface area contributed by atoms with E-state index in [9.17, 15) is 15.3 Å². The molecule has 2 aromatic carbocycles. The van der Waals surface area contributed by atoms with Crippen LogP contribution in [0.3, 0.4) is 0 Å². The quantitative estimate of drug-likeness (QED) is 0.571. The predicted molar refractivity (Wildman–Crippen MR) is 71.1 cm³/mol. The van der Waals surface area contributed by atoms with Crippen molar-refractivity contribution >= 4 is 11.0 Å². The summed E-state index contributed by atoms with van der Waals surface area (Å²) in [5.41, 5.74) is 1.19. The Kier molecular flexibility index (Phi) is 3.68. The van der Waals surface area contributed by atoms with Crippen molar-refractivity contribution < 1.29 is 32.1 Å². The lowest BCUT2D eigenvalue weighted by molar-refractivity contribution is -0.00000745. The van der Waals surface area contributed by atoms with Gasteiger partial charge in [0, 0.05) is 12.1 Å². The number of hydrogen-bond acceptors (Lipinski definition) is 3. The van der Waals surface area contributed by atoms with Gasteiger partial charge < -0.3 is 27.7 Å².